The van der Waals surface area contributed by atoms with Gasteiger partial charge in [-0.15, -0.1) is 0 Å². The number of carbonyl (C=O) groups excluding carboxylic acids is 1. The van der Waals surface area contributed by atoms with Crippen LogP contribution in [0.3, 0.4) is 0 Å². The molecule has 1 amide bonds. The summed E-state index contributed by atoms with van der Waals surface area (Å²) in [6.07, 6.45) is 3.48. The molecule has 12 heteroatoms. The highest BCUT2D eigenvalue weighted by Crippen LogP contribution is 2.31. The second-order valence-electron chi connectivity index (χ2n) is 5.40. The van der Waals surface area contributed by atoms with Crippen LogP contribution in [-0.2, 0) is 11.4 Å². The average Bonchev–Trinajstić information content (AvgIpc) is 2.69. The summed E-state index contributed by atoms with van der Waals surface area (Å²) < 4.78 is 43.7. The number of rotatable bonds is 8. The van der Waals surface area contributed by atoms with Crippen molar-refractivity contribution >= 4 is 17.7 Å². The quantitative estimate of drug-likeness (QED) is 0.326. The maximum atomic E-state index is 14.3. The highest BCUT2D eigenvalue weighted by atomic mass is 19.1. The van der Waals surface area contributed by atoms with Crippen molar-refractivity contribution < 1.29 is 27.8 Å². The lowest BCUT2D eigenvalue weighted by atomic mass is 10.1. The zero-order valence-electron chi connectivity index (χ0n) is 15.5. The van der Waals surface area contributed by atoms with Gasteiger partial charge >= 0.3 is 0 Å². The van der Waals surface area contributed by atoms with Gasteiger partial charge in [-0.05, 0) is 0 Å². The molecule has 6 N–H and O–H groups in total. The van der Waals surface area contributed by atoms with E-state index in [0.717, 1.165) is 12.1 Å². The molecule has 1 heterocycles. The van der Waals surface area contributed by atoms with Crippen LogP contribution in [0.1, 0.15) is 5.56 Å². The Bertz CT molecular complexity index is 935. The fraction of sp³-hybridized carbons (Fsp3) is 0.176. The fourth-order valence-corrected chi connectivity index (χ4v) is 2.04. The zero-order valence-corrected chi connectivity index (χ0v) is 15.5. The van der Waals surface area contributed by atoms with Gasteiger partial charge in [0.05, 0.1) is 32.2 Å². The van der Waals surface area contributed by atoms with E-state index < -0.39 is 24.1 Å². The van der Waals surface area contributed by atoms with Gasteiger partial charge in [0.1, 0.15) is 18.1 Å². The average molecular weight is 408 g/mol. The molecule has 0 aliphatic heterocycles. The van der Waals surface area contributed by atoms with E-state index in [-0.39, 0.29) is 40.3 Å². The molecule has 154 valence electrons. The molecule has 1 aromatic carbocycles. The molecule has 0 saturated heterocycles. The number of nitrogens with two attached hydrogens (primary N) is 3. The number of primary amides is 1. The van der Waals surface area contributed by atoms with Crippen molar-refractivity contribution in [1.82, 2.24) is 9.97 Å². The van der Waals surface area contributed by atoms with Crippen LogP contribution in [-0.4, -0.2) is 35.9 Å². The summed E-state index contributed by atoms with van der Waals surface area (Å²) in [6, 6.07) is 1.09. The van der Waals surface area contributed by atoms with E-state index in [4.69, 9.17) is 31.4 Å². The van der Waals surface area contributed by atoms with Gasteiger partial charge in [-0.3, -0.25) is 4.79 Å². The lowest BCUT2D eigenvalue weighted by Crippen LogP contribution is -2.23. The lowest BCUT2D eigenvalue weighted by molar-refractivity contribution is -0.114. The first-order chi connectivity index (χ1) is 13.8. The maximum Gasteiger partial charge on any atom is 0.264 e. The summed E-state index contributed by atoms with van der Waals surface area (Å²) in [5, 5.41) is 0. The van der Waals surface area contributed by atoms with Crippen molar-refractivity contribution in [2.75, 3.05) is 14.2 Å². The van der Waals surface area contributed by atoms with Crippen molar-refractivity contribution in [2.45, 2.75) is 6.61 Å². The molecule has 29 heavy (non-hydrogen) atoms. The highest BCUT2D eigenvalue weighted by molar-refractivity contribution is 6.01. The monoisotopic (exact) mass is 408 g/mol. The Labute approximate surface area is 164 Å². The minimum atomic E-state index is -0.917. The first-order valence-corrected chi connectivity index (χ1v) is 7.91. The van der Waals surface area contributed by atoms with Gasteiger partial charge in [-0.1, -0.05) is 0 Å². The molecule has 0 saturated carbocycles. The number of aromatic nitrogens is 2. The van der Waals surface area contributed by atoms with Gasteiger partial charge in [0.2, 0.25) is 0 Å². The molecule has 10 nitrogen and oxygen atoms in total. The molecule has 0 radical (unpaired) electrons. The number of halogens is 2. The van der Waals surface area contributed by atoms with Gasteiger partial charge in [0, 0.05) is 12.1 Å². The summed E-state index contributed by atoms with van der Waals surface area (Å²) in [5.41, 5.74) is 15.2. The number of amidine groups is 1. The minimum absolute atomic E-state index is 0.0659. The number of hydrogen-bond donors (Lipinski definition) is 3. The molecule has 0 unspecified atom stereocenters. The summed E-state index contributed by atoms with van der Waals surface area (Å²) in [5.74, 6) is -3.19. The van der Waals surface area contributed by atoms with E-state index >= 15 is 0 Å². The largest absolute Gasteiger partial charge is 0.494 e. The molecule has 0 aliphatic carbocycles. The van der Waals surface area contributed by atoms with Gasteiger partial charge in [-0.25, -0.2) is 18.7 Å². The summed E-state index contributed by atoms with van der Waals surface area (Å²) in [6.45, 7) is -0.475. The van der Waals surface area contributed by atoms with Crippen LogP contribution in [0.15, 0.2) is 35.2 Å². The van der Waals surface area contributed by atoms with E-state index in [0.29, 0.717) is 0 Å². The third kappa shape index (κ3) is 5.28. The SMILES string of the molecule is COc1cc(OC)c(F)c(COc2cnc(N=C(N)C=C(N)C(N)=O)nc2)c1F. The van der Waals surface area contributed by atoms with E-state index in [9.17, 15) is 13.6 Å². The van der Waals surface area contributed by atoms with Gasteiger partial charge in [0.25, 0.3) is 11.9 Å². The van der Waals surface area contributed by atoms with Gasteiger partial charge < -0.3 is 31.4 Å². The summed E-state index contributed by atoms with van der Waals surface area (Å²) >= 11 is 0. The predicted octanol–water partition coefficient (Wildman–Crippen LogP) is 0.668. The van der Waals surface area contributed by atoms with Crippen LogP contribution in [0.5, 0.6) is 17.2 Å². The number of ether oxygens (including phenoxy) is 3. The van der Waals surface area contributed by atoms with Crippen molar-refractivity contribution in [2.24, 2.45) is 22.2 Å². The molecule has 1 aromatic heterocycles. The Morgan fingerprint density at radius 3 is 2.14 bits per heavy atom. The molecule has 2 aromatic rings. The molecule has 0 atom stereocenters. The van der Waals surface area contributed by atoms with Crippen LogP contribution >= 0.6 is 0 Å². The standard InChI is InChI=1S/C17H18F2N6O4/c1-27-11-4-12(28-2)15(19)9(14(11)18)7-29-8-5-23-17(24-6-8)25-13(21)3-10(20)16(22)26/h3-6H,7,20H2,1-2H3,(H2,22,26)(H2,21,23,24,25). The number of carbonyl (C=O) groups is 1. The number of hydrogen-bond acceptors (Lipinski definition) is 8. The molecule has 2 rings (SSSR count). The van der Waals surface area contributed by atoms with Crippen LogP contribution in [0.25, 0.3) is 0 Å². The summed E-state index contributed by atoms with van der Waals surface area (Å²) in [4.78, 5) is 22.4. The Hall–Kier alpha value is -3.96. The topological polar surface area (TPSA) is 161 Å². The second-order valence-corrected chi connectivity index (χ2v) is 5.40. The van der Waals surface area contributed by atoms with E-state index in [1.165, 1.54) is 26.6 Å². The third-order valence-corrected chi connectivity index (χ3v) is 3.48. The van der Waals surface area contributed by atoms with Gasteiger partial charge in [0.15, 0.2) is 28.9 Å². The lowest BCUT2D eigenvalue weighted by Gasteiger charge is -2.13. The van der Waals surface area contributed by atoms with E-state index in [1.54, 1.807) is 0 Å². The van der Waals surface area contributed by atoms with Crippen molar-refractivity contribution in [1.29, 1.82) is 0 Å². The Morgan fingerprint density at radius 2 is 1.66 bits per heavy atom. The second kappa shape index (κ2) is 9.30. The maximum absolute atomic E-state index is 14.3. The van der Waals surface area contributed by atoms with Crippen LogP contribution in [0.4, 0.5) is 14.7 Å². The molecule has 0 aliphatic rings. The Morgan fingerprint density at radius 1 is 1.10 bits per heavy atom. The number of aliphatic imine (C=N–C) groups is 1. The van der Waals surface area contributed by atoms with Gasteiger partial charge in [-0.2, -0.15) is 4.99 Å². The Kier molecular flexibility index (Phi) is 6.85. The molecular formula is C17H18F2N6O4. The predicted molar refractivity (Wildman–Crippen MR) is 98.6 cm³/mol. The molecular weight excluding hydrogens is 390 g/mol. The molecule has 0 spiro atoms. The first-order valence-electron chi connectivity index (χ1n) is 7.91. The van der Waals surface area contributed by atoms with Crippen LogP contribution in [0.2, 0.25) is 0 Å². The zero-order chi connectivity index (χ0) is 21.6. The van der Waals surface area contributed by atoms with Crippen LogP contribution in [0, 0.1) is 11.6 Å². The summed E-state index contributed by atoms with van der Waals surface area (Å²) in [7, 11) is 2.48. The number of amides is 1. The highest BCUT2D eigenvalue weighted by Gasteiger charge is 2.20. The van der Waals surface area contributed by atoms with E-state index in [2.05, 4.69) is 15.0 Å². The minimum Gasteiger partial charge on any atom is -0.494 e. The van der Waals surface area contributed by atoms with Crippen molar-refractivity contribution in [3.05, 3.63) is 47.4 Å². The van der Waals surface area contributed by atoms with E-state index in [1.807, 2.05) is 0 Å². The smallest absolute Gasteiger partial charge is 0.264 e. The number of methoxy groups -OCH3 is 2. The Balaban J connectivity index is 2.16. The fourth-order valence-electron chi connectivity index (χ4n) is 2.04. The number of nitrogens with zero attached hydrogens (tertiary/aromatic N) is 3. The first kappa shape index (κ1) is 21.3. The molecule has 0 fully saturated rings. The van der Waals surface area contributed by atoms with Crippen LogP contribution < -0.4 is 31.4 Å². The number of benzene rings is 1. The normalized spacial score (nSPS) is 11.9. The third-order valence-electron chi connectivity index (χ3n) is 3.48. The van der Waals surface area contributed by atoms with Crippen molar-refractivity contribution in [3.8, 4) is 17.2 Å². The molecule has 0 bridgehead atoms. The van der Waals surface area contributed by atoms with Crippen molar-refractivity contribution in [3.63, 3.8) is 0 Å².